The van der Waals surface area contributed by atoms with Crippen molar-refractivity contribution in [2.45, 2.75) is 40.2 Å². The van der Waals surface area contributed by atoms with Crippen LogP contribution in [-0.4, -0.2) is 15.6 Å². The molecular weight excluding hydrogens is 208 g/mol. The van der Waals surface area contributed by atoms with E-state index in [9.17, 15) is 10.0 Å². The molecule has 0 bridgehead atoms. The summed E-state index contributed by atoms with van der Waals surface area (Å²) in [5.41, 5.74) is 1.26. The largest absolute Gasteiger partial charge is 0.711 e. The number of nitrogens with zero attached hydrogens (tertiary/aromatic N) is 2. The SMILES string of the molecule is Cc1c(C)[n+]([O-])cn1[C@@H](CC(C)C)C(=O)O. The van der Waals surface area contributed by atoms with Crippen LogP contribution in [0.15, 0.2) is 6.33 Å². The zero-order valence-corrected chi connectivity index (χ0v) is 10.1. The molecule has 1 rings (SSSR count). The smallest absolute Gasteiger partial charge is 0.349 e. The minimum Gasteiger partial charge on any atom is -0.711 e. The number of aromatic nitrogens is 2. The van der Waals surface area contributed by atoms with Crippen molar-refractivity contribution in [3.63, 3.8) is 0 Å². The molecule has 0 radical (unpaired) electrons. The van der Waals surface area contributed by atoms with Crippen LogP contribution in [0, 0.1) is 25.0 Å². The summed E-state index contributed by atoms with van der Waals surface area (Å²) in [4.78, 5) is 11.2. The van der Waals surface area contributed by atoms with E-state index in [1.807, 2.05) is 13.8 Å². The molecule has 0 aromatic carbocycles. The van der Waals surface area contributed by atoms with E-state index >= 15 is 0 Å². The predicted molar refractivity (Wildman–Crippen MR) is 59.0 cm³/mol. The molecule has 0 saturated heterocycles. The lowest BCUT2D eigenvalue weighted by atomic mass is 10.0. The molecule has 1 heterocycles. The van der Waals surface area contributed by atoms with Gasteiger partial charge in [-0.05, 0) is 5.92 Å². The standard InChI is InChI=1S/C11H18N2O3/c1-7(2)5-10(11(14)15)12-6-13(16)9(4)8(12)3/h6-7,10H,5H2,1-4H3,(H,14,15)/t10-/m0/s1. The first-order chi connectivity index (χ1) is 7.34. The molecule has 5 nitrogen and oxygen atoms in total. The van der Waals surface area contributed by atoms with Crippen LogP contribution < -0.4 is 4.73 Å². The molecule has 0 aliphatic rings. The number of carbonyl (C=O) groups is 1. The summed E-state index contributed by atoms with van der Waals surface area (Å²) in [7, 11) is 0. The Labute approximate surface area is 94.9 Å². The molecular formula is C11H18N2O3. The number of aliphatic carboxylic acids is 1. The maximum absolute atomic E-state index is 11.4. The van der Waals surface area contributed by atoms with E-state index in [0.29, 0.717) is 22.5 Å². The Morgan fingerprint density at radius 2 is 2.12 bits per heavy atom. The van der Waals surface area contributed by atoms with Crippen LogP contribution in [0.1, 0.15) is 37.7 Å². The van der Waals surface area contributed by atoms with Crippen molar-refractivity contribution in [1.82, 2.24) is 4.57 Å². The molecule has 0 spiro atoms. The molecule has 5 heteroatoms. The van der Waals surface area contributed by atoms with Gasteiger partial charge in [0, 0.05) is 20.3 Å². The normalized spacial score (nSPS) is 13.1. The summed E-state index contributed by atoms with van der Waals surface area (Å²) in [5, 5.41) is 20.5. The van der Waals surface area contributed by atoms with Crippen molar-refractivity contribution in [2.75, 3.05) is 0 Å². The Kier molecular flexibility index (Phi) is 3.57. The molecule has 0 fully saturated rings. The van der Waals surface area contributed by atoms with Gasteiger partial charge < -0.3 is 10.3 Å². The molecule has 0 aliphatic carbocycles. The van der Waals surface area contributed by atoms with E-state index in [4.69, 9.17) is 5.11 Å². The van der Waals surface area contributed by atoms with Gasteiger partial charge in [-0.2, -0.15) is 0 Å². The van der Waals surface area contributed by atoms with E-state index < -0.39 is 12.0 Å². The fraction of sp³-hybridized carbons (Fsp3) is 0.636. The monoisotopic (exact) mass is 226 g/mol. The summed E-state index contributed by atoms with van der Waals surface area (Å²) < 4.78 is 2.26. The first kappa shape index (κ1) is 12.5. The van der Waals surface area contributed by atoms with Crippen molar-refractivity contribution in [2.24, 2.45) is 5.92 Å². The second-order valence-electron chi connectivity index (χ2n) is 4.50. The molecule has 0 aliphatic heterocycles. The number of carboxylic acids is 1. The molecule has 1 N–H and O–H groups in total. The zero-order valence-electron chi connectivity index (χ0n) is 10.1. The lowest BCUT2D eigenvalue weighted by Gasteiger charge is -2.12. The lowest BCUT2D eigenvalue weighted by molar-refractivity contribution is -0.611. The van der Waals surface area contributed by atoms with Gasteiger partial charge in [-0.25, -0.2) is 14.1 Å². The molecule has 1 aromatic rings. The Morgan fingerprint density at radius 1 is 1.56 bits per heavy atom. The highest BCUT2D eigenvalue weighted by Gasteiger charge is 2.28. The molecule has 0 unspecified atom stereocenters. The predicted octanol–water partition coefficient (Wildman–Crippen LogP) is 1.41. The number of hydrogen-bond acceptors (Lipinski definition) is 2. The van der Waals surface area contributed by atoms with Gasteiger partial charge >= 0.3 is 5.97 Å². The van der Waals surface area contributed by atoms with Crippen molar-refractivity contribution >= 4 is 5.97 Å². The molecule has 1 atom stereocenters. The van der Waals surface area contributed by atoms with Gasteiger partial charge in [-0.15, -0.1) is 0 Å². The van der Waals surface area contributed by atoms with Crippen molar-refractivity contribution in [3.05, 3.63) is 22.9 Å². The number of carboxylic acid groups (broad SMARTS) is 1. The molecule has 1 aromatic heterocycles. The third-order valence-electron chi connectivity index (χ3n) is 2.79. The number of rotatable bonds is 4. The van der Waals surface area contributed by atoms with Crippen LogP contribution >= 0.6 is 0 Å². The Bertz CT molecular complexity index is 396. The highest BCUT2D eigenvalue weighted by atomic mass is 16.5. The molecule has 0 amide bonds. The second kappa shape index (κ2) is 4.55. The van der Waals surface area contributed by atoms with E-state index in [1.54, 1.807) is 18.4 Å². The van der Waals surface area contributed by atoms with Crippen molar-refractivity contribution < 1.29 is 14.6 Å². The summed E-state index contributed by atoms with van der Waals surface area (Å²) in [6.07, 6.45) is 1.83. The van der Waals surface area contributed by atoms with Crippen LogP contribution in [-0.2, 0) is 4.79 Å². The Balaban J connectivity index is 3.11. The van der Waals surface area contributed by atoms with Gasteiger partial charge in [0.15, 0.2) is 6.04 Å². The van der Waals surface area contributed by atoms with Crippen LogP contribution in [0.5, 0.6) is 0 Å². The van der Waals surface area contributed by atoms with Gasteiger partial charge in [-0.3, -0.25) is 0 Å². The van der Waals surface area contributed by atoms with E-state index in [1.165, 1.54) is 6.33 Å². The molecule has 16 heavy (non-hydrogen) atoms. The zero-order chi connectivity index (χ0) is 12.5. The topological polar surface area (TPSA) is 69.2 Å². The first-order valence-electron chi connectivity index (χ1n) is 5.34. The van der Waals surface area contributed by atoms with Crippen molar-refractivity contribution in [1.29, 1.82) is 0 Å². The van der Waals surface area contributed by atoms with Gasteiger partial charge in [0.25, 0.3) is 0 Å². The van der Waals surface area contributed by atoms with Crippen LogP contribution in [0.4, 0.5) is 0 Å². The average Bonchev–Trinajstić information content (AvgIpc) is 2.42. The quantitative estimate of drug-likeness (QED) is 0.623. The maximum Gasteiger partial charge on any atom is 0.349 e. The number of hydrogen-bond donors (Lipinski definition) is 1. The van der Waals surface area contributed by atoms with E-state index in [2.05, 4.69) is 0 Å². The fourth-order valence-corrected chi connectivity index (χ4v) is 1.73. The highest BCUT2D eigenvalue weighted by Crippen LogP contribution is 2.20. The van der Waals surface area contributed by atoms with Crippen LogP contribution in [0.25, 0.3) is 0 Å². The third-order valence-corrected chi connectivity index (χ3v) is 2.79. The first-order valence-corrected chi connectivity index (χ1v) is 5.34. The average molecular weight is 226 g/mol. The minimum atomic E-state index is -0.896. The van der Waals surface area contributed by atoms with E-state index in [-0.39, 0.29) is 5.92 Å². The summed E-state index contributed by atoms with van der Waals surface area (Å²) in [6.45, 7) is 7.38. The van der Waals surface area contributed by atoms with Gasteiger partial charge in [0.05, 0.1) is 0 Å². The number of imidazole rings is 1. The Morgan fingerprint density at radius 3 is 2.44 bits per heavy atom. The van der Waals surface area contributed by atoms with Crippen LogP contribution in [0.2, 0.25) is 0 Å². The highest BCUT2D eigenvalue weighted by molar-refractivity contribution is 5.72. The second-order valence-corrected chi connectivity index (χ2v) is 4.50. The minimum absolute atomic E-state index is 0.267. The molecule has 90 valence electrons. The fourth-order valence-electron chi connectivity index (χ4n) is 1.73. The molecule has 0 saturated carbocycles. The summed E-state index contributed by atoms with van der Waals surface area (Å²) in [6, 6.07) is -0.658. The van der Waals surface area contributed by atoms with Gasteiger partial charge in [0.2, 0.25) is 6.33 Å². The summed E-state index contributed by atoms with van der Waals surface area (Å²) >= 11 is 0. The summed E-state index contributed by atoms with van der Waals surface area (Å²) in [5.74, 6) is -0.629. The maximum atomic E-state index is 11.4. The van der Waals surface area contributed by atoms with Crippen LogP contribution in [0.3, 0.4) is 0 Å². The van der Waals surface area contributed by atoms with Gasteiger partial charge in [-0.1, -0.05) is 13.8 Å². The van der Waals surface area contributed by atoms with E-state index in [0.717, 1.165) is 0 Å². The Hall–Kier alpha value is -1.52. The van der Waals surface area contributed by atoms with Crippen molar-refractivity contribution in [3.8, 4) is 0 Å². The lowest BCUT2D eigenvalue weighted by Crippen LogP contribution is -2.27. The van der Waals surface area contributed by atoms with Gasteiger partial charge in [0.1, 0.15) is 11.4 Å². The third kappa shape index (κ3) is 2.35.